The van der Waals surface area contributed by atoms with Crippen LogP contribution in [0.4, 0.5) is 17.2 Å². The van der Waals surface area contributed by atoms with Crippen LogP contribution in [0.1, 0.15) is 25.7 Å². The SMILES string of the molecule is O=c1[nH]ncc2nc(-c3ccncc3)nc(Nc3ccc(N4CCC5(CC4)CC5)cc3)c12. The molecule has 160 valence electrons. The number of benzene rings is 1. The Morgan fingerprint density at radius 3 is 2.41 bits per heavy atom. The molecule has 1 aromatic carbocycles. The molecule has 8 nitrogen and oxygen atoms in total. The van der Waals surface area contributed by atoms with Gasteiger partial charge in [-0.15, -0.1) is 0 Å². The zero-order valence-corrected chi connectivity index (χ0v) is 17.6. The first kappa shape index (κ1) is 18.9. The van der Waals surface area contributed by atoms with Gasteiger partial charge in [-0.25, -0.2) is 15.1 Å². The summed E-state index contributed by atoms with van der Waals surface area (Å²) >= 11 is 0. The van der Waals surface area contributed by atoms with Gasteiger partial charge in [-0.1, -0.05) is 0 Å². The second-order valence-electron chi connectivity index (χ2n) is 8.75. The summed E-state index contributed by atoms with van der Waals surface area (Å²) in [6.07, 6.45) is 10.3. The first-order valence-electron chi connectivity index (χ1n) is 11.0. The number of aromatic amines is 1. The van der Waals surface area contributed by atoms with E-state index in [2.05, 4.69) is 47.5 Å². The van der Waals surface area contributed by atoms with E-state index in [1.165, 1.54) is 31.4 Å². The highest BCUT2D eigenvalue weighted by molar-refractivity contribution is 5.91. The average Bonchev–Trinajstić information content (AvgIpc) is 3.59. The molecule has 4 aromatic rings. The topological polar surface area (TPSA) is 99.7 Å². The van der Waals surface area contributed by atoms with Gasteiger partial charge < -0.3 is 10.2 Å². The van der Waals surface area contributed by atoms with E-state index in [9.17, 15) is 4.79 Å². The zero-order chi connectivity index (χ0) is 21.5. The van der Waals surface area contributed by atoms with Crippen molar-refractivity contribution in [1.82, 2.24) is 25.1 Å². The van der Waals surface area contributed by atoms with Crippen LogP contribution in [-0.4, -0.2) is 38.2 Å². The number of rotatable bonds is 4. The van der Waals surface area contributed by atoms with Gasteiger partial charge in [-0.2, -0.15) is 5.10 Å². The molecule has 1 spiro atoms. The fraction of sp³-hybridized carbons (Fsp3) is 0.292. The fourth-order valence-corrected chi connectivity index (χ4v) is 4.53. The predicted molar refractivity (Wildman–Crippen MR) is 124 cm³/mol. The van der Waals surface area contributed by atoms with Crippen molar-refractivity contribution in [3.63, 3.8) is 0 Å². The van der Waals surface area contributed by atoms with E-state index in [-0.39, 0.29) is 5.56 Å². The van der Waals surface area contributed by atoms with Crippen LogP contribution >= 0.6 is 0 Å². The summed E-state index contributed by atoms with van der Waals surface area (Å²) in [6.45, 7) is 2.25. The van der Waals surface area contributed by atoms with Crippen LogP contribution in [0.15, 0.2) is 59.8 Å². The standard InChI is InChI=1S/C24H23N7O/c32-23-20-19(15-26-30-23)28-21(16-5-11-25-12-6-16)29-22(20)27-17-1-3-18(4-2-17)31-13-9-24(7-8-24)10-14-31/h1-6,11-12,15H,7-10,13-14H2,(H,30,32)(H,27,28,29). The lowest BCUT2D eigenvalue weighted by Gasteiger charge is -2.33. The molecule has 0 unspecified atom stereocenters. The molecule has 4 heterocycles. The largest absolute Gasteiger partial charge is 0.371 e. The van der Waals surface area contributed by atoms with E-state index < -0.39 is 0 Å². The van der Waals surface area contributed by atoms with Gasteiger partial charge in [0.05, 0.1) is 6.20 Å². The molecule has 1 saturated heterocycles. The molecule has 32 heavy (non-hydrogen) atoms. The second-order valence-corrected chi connectivity index (χ2v) is 8.75. The number of hydrogen-bond acceptors (Lipinski definition) is 7. The summed E-state index contributed by atoms with van der Waals surface area (Å²) in [6, 6.07) is 12.0. The van der Waals surface area contributed by atoms with Crippen molar-refractivity contribution in [3.05, 3.63) is 65.3 Å². The molecule has 3 aromatic heterocycles. The van der Waals surface area contributed by atoms with Crippen LogP contribution in [0.2, 0.25) is 0 Å². The number of H-pyrrole nitrogens is 1. The van der Waals surface area contributed by atoms with Gasteiger partial charge in [0.2, 0.25) is 0 Å². The summed E-state index contributed by atoms with van der Waals surface area (Å²) < 4.78 is 0. The van der Waals surface area contributed by atoms with Crippen molar-refractivity contribution >= 4 is 28.1 Å². The first-order valence-corrected chi connectivity index (χ1v) is 11.0. The van der Waals surface area contributed by atoms with Crippen molar-refractivity contribution in [2.75, 3.05) is 23.3 Å². The van der Waals surface area contributed by atoms with Crippen LogP contribution < -0.4 is 15.8 Å². The van der Waals surface area contributed by atoms with E-state index in [1.807, 2.05) is 24.3 Å². The number of nitrogens with one attached hydrogen (secondary N) is 2. The third kappa shape index (κ3) is 3.47. The lowest BCUT2D eigenvalue weighted by molar-refractivity contribution is 0.384. The maximum Gasteiger partial charge on any atom is 0.277 e. The Bertz CT molecular complexity index is 1320. The van der Waals surface area contributed by atoms with Gasteiger partial charge >= 0.3 is 0 Å². The quantitative estimate of drug-likeness (QED) is 0.511. The first-order chi connectivity index (χ1) is 15.7. The molecule has 6 rings (SSSR count). The Hall–Kier alpha value is -3.81. The number of nitrogens with zero attached hydrogens (tertiary/aromatic N) is 5. The van der Waals surface area contributed by atoms with Gasteiger partial charge in [-0.3, -0.25) is 9.78 Å². The zero-order valence-electron chi connectivity index (χ0n) is 17.6. The van der Waals surface area contributed by atoms with Crippen molar-refractivity contribution < 1.29 is 0 Å². The summed E-state index contributed by atoms with van der Waals surface area (Å²) in [7, 11) is 0. The molecule has 8 heteroatoms. The van der Waals surface area contributed by atoms with Crippen molar-refractivity contribution in [2.24, 2.45) is 5.41 Å². The average molecular weight is 425 g/mol. The van der Waals surface area contributed by atoms with E-state index in [4.69, 9.17) is 0 Å². The Labute approximate surface area is 184 Å². The molecule has 2 fully saturated rings. The smallest absolute Gasteiger partial charge is 0.277 e. The van der Waals surface area contributed by atoms with Crippen LogP contribution in [0, 0.1) is 5.41 Å². The van der Waals surface area contributed by atoms with E-state index in [1.54, 1.807) is 18.6 Å². The number of anilines is 3. The molecule has 0 bridgehead atoms. The predicted octanol–water partition coefficient (Wildman–Crippen LogP) is 3.90. The Morgan fingerprint density at radius 2 is 1.69 bits per heavy atom. The molecule has 1 aliphatic heterocycles. The minimum Gasteiger partial charge on any atom is -0.371 e. The third-order valence-corrected chi connectivity index (χ3v) is 6.73. The van der Waals surface area contributed by atoms with Crippen LogP contribution in [0.5, 0.6) is 0 Å². The molecule has 2 N–H and O–H groups in total. The Balaban J connectivity index is 1.31. The van der Waals surface area contributed by atoms with E-state index >= 15 is 0 Å². The third-order valence-electron chi connectivity index (χ3n) is 6.73. The van der Waals surface area contributed by atoms with Gasteiger partial charge in [0.1, 0.15) is 16.7 Å². The van der Waals surface area contributed by atoms with Crippen LogP contribution in [-0.2, 0) is 0 Å². The van der Waals surface area contributed by atoms with Gasteiger partial charge in [-0.05, 0) is 67.5 Å². The lowest BCUT2D eigenvalue weighted by atomic mass is 9.93. The summed E-state index contributed by atoms with van der Waals surface area (Å²) in [5.41, 5.74) is 3.74. The maximum absolute atomic E-state index is 12.5. The maximum atomic E-state index is 12.5. The van der Waals surface area contributed by atoms with Crippen molar-refractivity contribution in [3.8, 4) is 11.4 Å². The molecular weight excluding hydrogens is 402 g/mol. The summed E-state index contributed by atoms with van der Waals surface area (Å²) in [5, 5.41) is 10.1. The molecular formula is C24H23N7O. The Morgan fingerprint density at radius 1 is 0.938 bits per heavy atom. The van der Waals surface area contributed by atoms with Gasteiger partial charge in [0, 0.05) is 42.4 Å². The highest BCUT2D eigenvalue weighted by Crippen LogP contribution is 2.53. The normalized spacial score (nSPS) is 16.9. The van der Waals surface area contributed by atoms with Crippen LogP contribution in [0.3, 0.4) is 0 Å². The number of aromatic nitrogens is 5. The molecule has 0 atom stereocenters. The number of hydrogen-bond donors (Lipinski definition) is 2. The van der Waals surface area contributed by atoms with Crippen molar-refractivity contribution in [1.29, 1.82) is 0 Å². The van der Waals surface area contributed by atoms with Gasteiger partial charge in [0.15, 0.2) is 5.82 Å². The second kappa shape index (κ2) is 7.40. The number of piperidine rings is 1. The fourth-order valence-electron chi connectivity index (χ4n) is 4.53. The number of fused-ring (bicyclic) bond motifs is 1. The molecule has 2 aliphatic rings. The summed E-state index contributed by atoms with van der Waals surface area (Å²) in [5.74, 6) is 0.959. The number of pyridine rings is 1. The van der Waals surface area contributed by atoms with Crippen molar-refractivity contribution in [2.45, 2.75) is 25.7 Å². The minimum absolute atomic E-state index is 0.328. The summed E-state index contributed by atoms with van der Waals surface area (Å²) in [4.78, 5) is 28.2. The highest BCUT2D eigenvalue weighted by atomic mass is 16.1. The molecule has 0 radical (unpaired) electrons. The molecule has 1 saturated carbocycles. The van der Waals surface area contributed by atoms with Gasteiger partial charge in [0.25, 0.3) is 5.56 Å². The van der Waals surface area contributed by atoms with Crippen LogP contribution in [0.25, 0.3) is 22.3 Å². The van der Waals surface area contributed by atoms with E-state index in [0.717, 1.165) is 24.3 Å². The molecule has 0 amide bonds. The minimum atomic E-state index is -0.328. The Kier molecular flexibility index (Phi) is 4.38. The highest BCUT2D eigenvalue weighted by Gasteiger charge is 2.44. The monoisotopic (exact) mass is 425 g/mol. The molecule has 1 aliphatic carbocycles. The lowest BCUT2D eigenvalue weighted by Crippen LogP contribution is -2.34. The van der Waals surface area contributed by atoms with E-state index in [0.29, 0.717) is 28.0 Å².